The van der Waals surface area contributed by atoms with Crippen LogP contribution >= 0.6 is 0 Å². The maximum Gasteiger partial charge on any atom is 0.301 e. The van der Waals surface area contributed by atoms with Gasteiger partial charge in [-0.15, -0.1) is 0 Å². The summed E-state index contributed by atoms with van der Waals surface area (Å²) >= 11 is 0. The molecular weight excluding hydrogens is 270 g/mol. The largest absolute Gasteiger partial charge is 0.370 e. The van der Waals surface area contributed by atoms with Crippen LogP contribution < -0.4 is 11.2 Å². The molecule has 10 heteroatoms. The lowest BCUT2D eigenvalue weighted by molar-refractivity contribution is -0.393. The first-order valence-electron chi connectivity index (χ1n) is 5.40. The number of nitrogens with one attached hydrogen (secondary N) is 1. The van der Waals surface area contributed by atoms with Gasteiger partial charge in [-0.3, -0.25) is 30.4 Å². The van der Waals surface area contributed by atoms with Gasteiger partial charge in [-0.2, -0.15) is 5.10 Å². The predicted molar refractivity (Wildman–Crippen MR) is 70.3 cm³/mol. The summed E-state index contributed by atoms with van der Waals surface area (Å²) in [5.41, 5.74) is 6.46. The second-order valence-corrected chi connectivity index (χ2v) is 3.64. The summed E-state index contributed by atoms with van der Waals surface area (Å²) in [5, 5.41) is 25.0. The Morgan fingerprint density at radius 2 is 2.05 bits per heavy atom. The third kappa shape index (κ3) is 4.33. The summed E-state index contributed by atoms with van der Waals surface area (Å²) < 4.78 is 0. The average molecular weight is 281 g/mol. The standard InChI is InChI=1S/C10H11N5O5/c11-10(16)2-1-5-12-13-8-4-3-7(14(17)18)6-9(8)15(19)20/h3-6,13H,1-2H2,(H2,11,16). The van der Waals surface area contributed by atoms with E-state index in [1.54, 1.807) is 0 Å². The molecule has 1 rings (SSSR count). The number of hydrogen-bond acceptors (Lipinski definition) is 7. The van der Waals surface area contributed by atoms with Crippen molar-refractivity contribution in [2.75, 3.05) is 5.43 Å². The highest BCUT2D eigenvalue weighted by atomic mass is 16.6. The maximum atomic E-state index is 10.8. The number of nitro groups is 2. The van der Waals surface area contributed by atoms with Gasteiger partial charge in [0.25, 0.3) is 5.69 Å². The molecule has 0 bridgehead atoms. The number of carbonyl (C=O) groups is 1. The van der Waals surface area contributed by atoms with Crippen molar-refractivity contribution in [3.63, 3.8) is 0 Å². The van der Waals surface area contributed by atoms with E-state index >= 15 is 0 Å². The van der Waals surface area contributed by atoms with Crippen LogP contribution in [0.2, 0.25) is 0 Å². The van der Waals surface area contributed by atoms with Gasteiger partial charge in [-0.05, 0) is 12.5 Å². The Kier molecular flexibility index (Phi) is 5.09. The summed E-state index contributed by atoms with van der Waals surface area (Å²) in [5.74, 6) is -0.488. The Labute approximate surface area is 112 Å². The van der Waals surface area contributed by atoms with E-state index in [0.29, 0.717) is 0 Å². The summed E-state index contributed by atoms with van der Waals surface area (Å²) in [4.78, 5) is 30.3. The first-order valence-corrected chi connectivity index (χ1v) is 5.40. The van der Waals surface area contributed by atoms with Gasteiger partial charge < -0.3 is 5.73 Å². The third-order valence-corrected chi connectivity index (χ3v) is 2.18. The van der Waals surface area contributed by atoms with E-state index in [2.05, 4.69) is 10.5 Å². The molecule has 106 valence electrons. The summed E-state index contributed by atoms with van der Waals surface area (Å²) in [6.45, 7) is 0. The lowest BCUT2D eigenvalue weighted by atomic mass is 10.2. The SMILES string of the molecule is NC(=O)CCC=NNc1ccc([N+](=O)[O-])cc1[N+](=O)[O-]. The Morgan fingerprint density at radius 1 is 1.35 bits per heavy atom. The fourth-order valence-corrected chi connectivity index (χ4v) is 1.27. The number of nitro benzene ring substituents is 2. The number of hydrogen-bond donors (Lipinski definition) is 2. The molecule has 0 atom stereocenters. The number of rotatable bonds is 7. The number of nitrogens with zero attached hydrogens (tertiary/aromatic N) is 3. The Hall–Kier alpha value is -3.04. The van der Waals surface area contributed by atoms with Crippen molar-refractivity contribution < 1.29 is 14.6 Å². The van der Waals surface area contributed by atoms with Gasteiger partial charge >= 0.3 is 5.69 Å². The highest BCUT2D eigenvalue weighted by Gasteiger charge is 2.18. The Bertz CT molecular complexity index is 571. The van der Waals surface area contributed by atoms with Crippen molar-refractivity contribution in [2.45, 2.75) is 12.8 Å². The molecule has 1 aromatic rings. The number of carbonyl (C=O) groups excluding carboxylic acids is 1. The van der Waals surface area contributed by atoms with Gasteiger partial charge in [0.05, 0.1) is 15.9 Å². The van der Waals surface area contributed by atoms with Gasteiger partial charge in [0, 0.05) is 18.7 Å². The molecule has 0 fully saturated rings. The van der Waals surface area contributed by atoms with E-state index in [9.17, 15) is 25.0 Å². The molecule has 0 aliphatic heterocycles. The Morgan fingerprint density at radius 3 is 2.60 bits per heavy atom. The Balaban J connectivity index is 2.81. The molecule has 3 N–H and O–H groups in total. The van der Waals surface area contributed by atoms with E-state index in [0.717, 1.165) is 12.1 Å². The normalized spacial score (nSPS) is 10.4. The second-order valence-electron chi connectivity index (χ2n) is 3.64. The molecule has 1 aromatic carbocycles. The van der Waals surface area contributed by atoms with Crippen molar-refractivity contribution in [3.8, 4) is 0 Å². The fourth-order valence-electron chi connectivity index (χ4n) is 1.27. The fraction of sp³-hybridized carbons (Fsp3) is 0.200. The van der Waals surface area contributed by atoms with Crippen LogP contribution in [0.15, 0.2) is 23.3 Å². The zero-order valence-electron chi connectivity index (χ0n) is 10.2. The van der Waals surface area contributed by atoms with Crippen LogP contribution in [0.5, 0.6) is 0 Å². The predicted octanol–water partition coefficient (Wildman–Crippen LogP) is 1.17. The molecule has 0 radical (unpaired) electrons. The van der Waals surface area contributed by atoms with Gasteiger partial charge in [-0.1, -0.05) is 0 Å². The highest BCUT2D eigenvalue weighted by molar-refractivity contribution is 5.77. The van der Waals surface area contributed by atoms with E-state index in [4.69, 9.17) is 5.73 Å². The molecule has 1 amide bonds. The molecule has 20 heavy (non-hydrogen) atoms. The minimum Gasteiger partial charge on any atom is -0.370 e. The van der Waals surface area contributed by atoms with Crippen LogP contribution in [-0.4, -0.2) is 22.0 Å². The monoisotopic (exact) mass is 281 g/mol. The molecule has 0 aliphatic carbocycles. The van der Waals surface area contributed by atoms with E-state index in [1.807, 2.05) is 0 Å². The molecule has 0 heterocycles. The average Bonchev–Trinajstić information content (AvgIpc) is 2.37. The number of anilines is 1. The van der Waals surface area contributed by atoms with Gasteiger partial charge in [0.15, 0.2) is 0 Å². The van der Waals surface area contributed by atoms with Crippen LogP contribution in [-0.2, 0) is 4.79 Å². The summed E-state index contributed by atoms with van der Waals surface area (Å²) in [7, 11) is 0. The summed E-state index contributed by atoms with van der Waals surface area (Å²) in [6, 6.07) is 3.14. The number of amides is 1. The topological polar surface area (TPSA) is 154 Å². The smallest absolute Gasteiger partial charge is 0.301 e. The minimum atomic E-state index is -0.756. The maximum absolute atomic E-state index is 10.8. The number of nitrogens with two attached hydrogens (primary N) is 1. The minimum absolute atomic E-state index is 0.0101. The van der Waals surface area contributed by atoms with Crippen LogP contribution in [0.3, 0.4) is 0 Å². The van der Waals surface area contributed by atoms with Crippen LogP contribution in [0.4, 0.5) is 17.1 Å². The molecule has 0 spiro atoms. The number of hydrazone groups is 1. The van der Waals surface area contributed by atoms with Crippen molar-refractivity contribution >= 4 is 29.2 Å². The van der Waals surface area contributed by atoms with Crippen LogP contribution in [0, 0.1) is 20.2 Å². The lowest BCUT2D eigenvalue weighted by Crippen LogP contribution is -2.09. The first kappa shape index (κ1) is 15.0. The highest BCUT2D eigenvalue weighted by Crippen LogP contribution is 2.28. The van der Waals surface area contributed by atoms with E-state index in [-0.39, 0.29) is 24.2 Å². The molecule has 0 saturated heterocycles. The molecule has 0 aliphatic rings. The zero-order valence-corrected chi connectivity index (χ0v) is 10.2. The summed E-state index contributed by atoms with van der Waals surface area (Å²) in [6.07, 6.45) is 1.71. The lowest BCUT2D eigenvalue weighted by Gasteiger charge is -2.01. The van der Waals surface area contributed by atoms with Crippen molar-refractivity contribution in [2.24, 2.45) is 10.8 Å². The van der Waals surface area contributed by atoms with Crippen LogP contribution in [0.1, 0.15) is 12.8 Å². The molecular formula is C10H11N5O5. The second kappa shape index (κ2) is 6.78. The van der Waals surface area contributed by atoms with E-state index in [1.165, 1.54) is 12.3 Å². The quantitative estimate of drug-likeness (QED) is 0.434. The van der Waals surface area contributed by atoms with Crippen LogP contribution in [0.25, 0.3) is 0 Å². The van der Waals surface area contributed by atoms with Gasteiger partial charge in [0.1, 0.15) is 5.69 Å². The molecule has 0 saturated carbocycles. The molecule has 10 nitrogen and oxygen atoms in total. The van der Waals surface area contributed by atoms with Gasteiger partial charge in [-0.25, -0.2) is 0 Å². The first-order chi connectivity index (χ1) is 9.41. The zero-order chi connectivity index (χ0) is 15.1. The third-order valence-electron chi connectivity index (χ3n) is 2.18. The van der Waals surface area contributed by atoms with Gasteiger partial charge in [0.2, 0.25) is 5.91 Å². The van der Waals surface area contributed by atoms with Crippen molar-refractivity contribution in [1.29, 1.82) is 0 Å². The van der Waals surface area contributed by atoms with Crippen molar-refractivity contribution in [3.05, 3.63) is 38.4 Å². The number of non-ortho nitro benzene ring substituents is 1. The van der Waals surface area contributed by atoms with E-state index < -0.39 is 21.4 Å². The molecule has 0 aromatic heterocycles. The number of primary amides is 1. The molecule has 0 unspecified atom stereocenters. The van der Waals surface area contributed by atoms with Crippen molar-refractivity contribution in [1.82, 2.24) is 0 Å². The number of benzene rings is 1.